The van der Waals surface area contributed by atoms with Gasteiger partial charge in [-0.25, -0.2) is 0 Å². The van der Waals surface area contributed by atoms with Crippen molar-refractivity contribution in [2.24, 2.45) is 5.92 Å². The first-order valence-corrected chi connectivity index (χ1v) is 19.9. The molecule has 0 saturated carbocycles. The number of aromatic amines is 1. The van der Waals surface area contributed by atoms with E-state index in [0.717, 1.165) is 29.0 Å². The Bertz CT molecular complexity index is 2130. The Labute approximate surface area is 346 Å². The molecular weight excluding hydrogens is 775 g/mol. The standard InChI is InChI=1S/C43H51N7O10/c1-24(52)46-37-39(56)38(55)34(23-51)60-43(37)50-36(54)20-27-19-35(53)48-33(18-28-21-44-31-15-9-8-14-30(28)31)42(59)49-32(17-26-12-6-3-7-13-26)41(58)47-29(22-45-40(27)57)16-25-10-4-2-5-11-25/h2-15,21,27,29,32-34,37-39,43-44,51,55-56H,16-20,22-23H2,1H3,(H,45,57)(H,46,52)(H,47,58)(H,48,53)(H,49,59)(H,50,54)/t27?,29-,32?,33?,34-,37-,38-,39-,43-/m1/s1. The number of amides is 6. The van der Waals surface area contributed by atoms with Crippen molar-refractivity contribution in [1.29, 1.82) is 0 Å². The summed E-state index contributed by atoms with van der Waals surface area (Å²) in [6.07, 6.45) is -4.96. The van der Waals surface area contributed by atoms with Gasteiger partial charge < -0.3 is 56.9 Å². The monoisotopic (exact) mass is 825 g/mol. The maximum atomic E-state index is 14.3. The van der Waals surface area contributed by atoms with Gasteiger partial charge in [0.15, 0.2) is 6.23 Å². The SMILES string of the molecule is CC(=O)N[C@@H]1[C@@H](O)[C@H](O)[C@@H](CO)O[C@H]1NC(=O)CC1CC(=O)NC(Cc2c[nH]c3ccccc23)C(=O)NC(Cc2ccccc2)C(=O)N[C@H](Cc2ccccc2)CNC1=O. The van der Waals surface area contributed by atoms with E-state index in [1.165, 1.54) is 0 Å². The van der Waals surface area contributed by atoms with Gasteiger partial charge in [-0.2, -0.15) is 0 Å². The lowest BCUT2D eigenvalue weighted by molar-refractivity contribution is -0.203. The molecule has 0 radical (unpaired) electrons. The molecule has 2 fully saturated rings. The van der Waals surface area contributed by atoms with Crippen molar-refractivity contribution >= 4 is 46.3 Å². The Kier molecular flexibility index (Phi) is 14.6. The molecule has 0 bridgehead atoms. The number of H-pyrrole nitrogens is 1. The molecule has 17 heteroatoms. The molecular formula is C43H51N7O10. The molecule has 318 valence electrons. The number of benzene rings is 3. The van der Waals surface area contributed by atoms with Crippen molar-refractivity contribution in [2.75, 3.05) is 13.2 Å². The van der Waals surface area contributed by atoms with Crippen LogP contribution in [-0.2, 0) is 52.8 Å². The van der Waals surface area contributed by atoms with Crippen molar-refractivity contribution in [1.82, 2.24) is 36.9 Å². The molecule has 10 N–H and O–H groups in total. The molecule has 60 heavy (non-hydrogen) atoms. The molecule has 2 aliphatic heterocycles. The first kappa shape index (κ1) is 43.4. The first-order chi connectivity index (χ1) is 28.9. The van der Waals surface area contributed by atoms with Gasteiger partial charge in [-0.15, -0.1) is 0 Å². The van der Waals surface area contributed by atoms with E-state index >= 15 is 0 Å². The van der Waals surface area contributed by atoms with Gasteiger partial charge in [-0.1, -0.05) is 78.9 Å². The average molecular weight is 826 g/mol. The topological polar surface area (TPSA) is 260 Å². The van der Waals surface area contributed by atoms with Crippen LogP contribution in [0.3, 0.4) is 0 Å². The predicted molar refractivity (Wildman–Crippen MR) is 217 cm³/mol. The highest BCUT2D eigenvalue weighted by molar-refractivity contribution is 5.95. The van der Waals surface area contributed by atoms with Crippen LogP contribution in [0.15, 0.2) is 91.1 Å². The van der Waals surface area contributed by atoms with Crippen LogP contribution in [0.4, 0.5) is 0 Å². The van der Waals surface area contributed by atoms with Crippen LogP contribution in [0, 0.1) is 5.92 Å². The third kappa shape index (κ3) is 11.3. The number of hydrogen-bond acceptors (Lipinski definition) is 10. The van der Waals surface area contributed by atoms with E-state index in [2.05, 4.69) is 36.9 Å². The van der Waals surface area contributed by atoms with E-state index < -0.39 is 110 Å². The Morgan fingerprint density at radius 2 is 1.38 bits per heavy atom. The summed E-state index contributed by atoms with van der Waals surface area (Å²) in [5.41, 5.74) is 3.15. The van der Waals surface area contributed by atoms with E-state index in [0.29, 0.717) is 5.56 Å². The number of rotatable bonds is 11. The zero-order chi connectivity index (χ0) is 42.8. The summed E-state index contributed by atoms with van der Waals surface area (Å²) in [6.45, 7) is 0.341. The molecule has 3 aromatic carbocycles. The van der Waals surface area contributed by atoms with Crippen LogP contribution in [-0.4, -0.2) is 118 Å². The minimum Gasteiger partial charge on any atom is -0.394 e. The molecule has 2 aliphatic rings. The van der Waals surface area contributed by atoms with Crippen LogP contribution >= 0.6 is 0 Å². The number of para-hydroxylation sites is 1. The van der Waals surface area contributed by atoms with Crippen LogP contribution in [0.25, 0.3) is 10.9 Å². The quantitative estimate of drug-likeness (QED) is 0.0904. The zero-order valence-electron chi connectivity index (χ0n) is 33.0. The number of fused-ring (bicyclic) bond motifs is 1. The third-order valence-electron chi connectivity index (χ3n) is 10.7. The summed E-state index contributed by atoms with van der Waals surface area (Å²) in [6, 6.07) is 21.6. The second-order valence-electron chi connectivity index (χ2n) is 15.2. The van der Waals surface area contributed by atoms with E-state index in [1.807, 2.05) is 84.9 Å². The van der Waals surface area contributed by atoms with Gasteiger partial charge >= 0.3 is 0 Å². The molecule has 17 nitrogen and oxygen atoms in total. The Balaban J connectivity index is 1.30. The largest absolute Gasteiger partial charge is 0.394 e. The lowest BCUT2D eigenvalue weighted by Gasteiger charge is -2.42. The van der Waals surface area contributed by atoms with Gasteiger partial charge in [0.2, 0.25) is 35.4 Å². The van der Waals surface area contributed by atoms with Crippen molar-refractivity contribution in [3.8, 4) is 0 Å². The van der Waals surface area contributed by atoms with Gasteiger partial charge in [0.1, 0.15) is 36.4 Å². The number of hydrogen-bond donors (Lipinski definition) is 10. The fraction of sp³-hybridized carbons (Fsp3) is 0.395. The predicted octanol–water partition coefficient (Wildman–Crippen LogP) is -0.764. The van der Waals surface area contributed by atoms with Gasteiger partial charge in [0.25, 0.3) is 0 Å². The van der Waals surface area contributed by atoms with Gasteiger partial charge in [0.05, 0.1) is 18.6 Å². The number of aromatic nitrogens is 1. The number of carbonyl (C=O) groups excluding carboxylic acids is 6. The molecule has 6 amide bonds. The zero-order valence-corrected chi connectivity index (χ0v) is 33.0. The normalized spacial score (nSPS) is 26.8. The minimum absolute atomic E-state index is 0.0129. The smallest absolute Gasteiger partial charge is 0.243 e. The number of aliphatic hydroxyl groups is 3. The molecule has 2 saturated heterocycles. The van der Waals surface area contributed by atoms with Crippen molar-refractivity contribution in [3.05, 3.63) is 108 Å². The molecule has 3 heterocycles. The van der Waals surface area contributed by atoms with Crippen molar-refractivity contribution < 1.29 is 48.8 Å². The molecule has 1 aromatic heterocycles. The average Bonchev–Trinajstić information content (AvgIpc) is 3.64. The number of ether oxygens (including phenoxy) is 1. The molecule has 6 rings (SSSR count). The second kappa shape index (κ2) is 20.2. The number of aliphatic hydroxyl groups excluding tert-OH is 3. The fourth-order valence-electron chi connectivity index (χ4n) is 7.62. The van der Waals surface area contributed by atoms with E-state index in [1.54, 1.807) is 6.20 Å². The highest BCUT2D eigenvalue weighted by atomic mass is 16.5. The van der Waals surface area contributed by atoms with E-state index in [4.69, 9.17) is 4.74 Å². The van der Waals surface area contributed by atoms with E-state index in [9.17, 15) is 44.1 Å². The van der Waals surface area contributed by atoms with Crippen molar-refractivity contribution in [3.63, 3.8) is 0 Å². The molecule has 0 spiro atoms. The summed E-state index contributed by atoms with van der Waals surface area (Å²) in [5.74, 6) is -5.33. The Morgan fingerprint density at radius 1 is 0.750 bits per heavy atom. The Morgan fingerprint density at radius 3 is 2.07 bits per heavy atom. The molecule has 9 atom stereocenters. The van der Waals surface area contributed by atoms with Gasteiger partial charge in [-0.3, -0.25) is 28.8 Å². The summed E-state index contributed by atoms with van der Waals surface area (Å²) in [5, 5.41) is 48.1. The lowest BCUT2D eigenvalue weighted by Crippen LogP contribution is -2.68. The highest BCUT2D eigenvalue weighted by Gasteiger charge is 2.45. The lowest BCUT2D eigenvalue weighted by atomic mass is 9.95. The van der Waals surface area contributed by atoms with Gasteiger partial charge in [-0.05, 0) is 29.2 Å². The Hall–Kier alpha value is -6.14. The van der Waals surface area contributed by atoms with Crippen LogP contribution in [0.1, 0.15) is 36.5 Å². The summed E-state index contributed by atoms with van der Waals surface area (Å²) < 4.78 is 5.64. The fourth-order valence-corrected chi connectivity index (χ4v) is 7.62. The second-order valence-corrected chi connectivity index (χ2v) is 15.2. The van der Waals surface area contributed by atoms with Crippen LogP contribution in [0.5, 0.6) is 0 Å². The third-order valence-corrected chi connectivity index (χ3v) is 10.7. The van der Waals surface area contributed by atoms with E-state index in [-0.39, 0.29) is 25.8 Å². The van der Waals surface area contributed by atoms with Gasteiger partial charge in [0, 0.05) is 56.3 Å². The van der Waals surface area contributed by atoms with Crippen LogP contribution in [0.2, 0.25) is 0 Å². The maximum absolute atomic E-state index is 14.3. The molecule has 3 unspecified atom stereocenters. The summed E-state index contributed by atoms with van der Waals surface area (Å²) >= 11 is 0. The molecule has 4 aromatic rings. The number of carbonyl (C=O) groups is 6. The number of nitrogens with one attached hydrogen (secondary N) is 7. The minimum atomic E-state index is -1.64. The first-order valence-electron chi connectivity index (χ1n) is 19.9. The molecule has 0 aliphatic carbocycles. The van der Waals surface area contributed by atoms with Crippen LogP contribution < -0.4 is 31.9 Å². The van der Waals surface area contributed by atoms with Crippen molar-refractivity contribution in [2.45, 2.75) is 87.7 Å². The summed E-state index contributed by atoms with van der Waals surface area (Å²) in [4.78, 5) is 85.3. The summed E-state index contributed by atoms with van der Waals surface area (Å²) in [7, 11) is 0. The maximum Gasteiger partial charge on any atom is 0.243 e. The highest BCUT2D eigenvalue weighted by Crippen LogP contribution is 2.22.